The highest BCUT2D eigenvalue weighted by molar-refractivity contribution is 9.09. The maximum Gasteiger partial charge on any atom is 0.165 e. The zero-order chi connectivity index (χ0) is 12.1. The summed E-state index contributed by atoms with van der Waals surface area (Å²) in [5, 5.41) is 19.9. The van der Waals surface area contributed by atoms with Crippen molar-refractivity contribution >= 4 is 15.9 Å². The van der Waals surface area contributed by atoms with Crippen molar-refractivity contribution in [1.82, 2.24) is 0 Å². The Morgan fingerprint density at radius 3 is 2.62 bits per heavy atom. The summed E-state index contributed by atoms with van der Waals surface area (Å²) in [6.07, 6.45) is -1.60. The van der Waals surface area contributed by atoms with Gasteiger partial charge in [-0.1, -0.05) is 22.0 Å². The zero-order valence-corrected chi connectivity index (χ0v) is 10.4. The molecule has 0 bridgehead atoms. The van der Waals surface area contributed by atoms with Crippen molar-refractivity contribution in [3.05, 3.63) is 29.6 Å². The Kier molecular flexibility index (Phi) is 5.18. The van der Waals surface area contributed by atoms with E-state index in [0.29, 0.717) is 17.3 Å². The van der Waals surface area contributed by atoms with E-state index in [-0.39, 0.29) is 5.75 Å². The molecule has 0 amide bonds. The number of aliphatic hydroxyl groups is 2. The quantitative estimate of drug-likeness (QED) is 0.817. The second-order valence-electron chi connectivity index (χ2n) is 3.38. The van der Waals surface area contributed by atoms with Crippen molar-refractivity contribution in [2.75, 3.05) is 12.4 Å². The fraction of sp³-hybridized carbons (Fsp3) is 0.455. The molecule has 2 atom stereocenters. The Balaban J connectivity index is 2.84. The predicted octanol–water partition coefficient (Wildman–Crippen LogP) is 2.01. The molecule has 0 saturated carbocycles. The number of benzene rings is 1. The van der Waals surface area contributed by atoms with Crippen LogP contribution in [0.15, 0.2) is 18.2 Å². The van der Waals surface area contributed by atoms with Gasteiger partial charge in [-0.2, -0.15) is 0 Å². The summed E-state index contributed by atoms with van der Waals surface area (Å²) in [6.45, 7) is 0. The molecule has 1 aromatic rings. The molecule has 0 aromatic heterocycles. The molecule has 0 aliphatic heterocycles. The van der Waals surface area contributed by atoms with Crippen molar-refractivity contribution in [2.24, 2.45) is 0 Å². The predicted molar refractivity (Wildman–Crippen MR) is 62.3 cm³/mol. The first-order chi connectivity index (χ1) is 7.60. The molecule has 0 aliphatic rings. The third-order valence-electron chi connectivity index (χ3n) is 2.29. The van der Waals surface area contributed by atoms with Crippen LogP contribution in [0, 0.1) is 5.82 Å². The lowest BCUT2D eigenvalue weighted by atomic mass is 10.0. The normalized spacial score (nSPS) is 14.6. The minimum absolute atomic E-state index is 0.117. The third kappa shape index (κ3) is 3.17. The lowest BCUT2D eigenvalue weighted by molar-refractivity contribution is 0.0171. The van der Waals surface area contributed by atoms with Crippen LogP contribution in [0.4, 0.5) is 4.39 Å². The number of hydrogen-bond donors (Lipinski definition) is 2. The summed E-state index contributed by atoms with van der Waals surface area (Å²) in [4.78, 5) is 0. The van der Waals surface area contributed by atoms with Gasteiger partial charge in [-0.15, -0.1) is 0 Å². The Labute approximate surface area is 102 Å². The van der Waals surface area contributed by atoms with E-state index in [9.17, 15) is 14.6 Å². The minimum atomic E-state index is -1.09. The van der Waals surface area contributed by atoms with Gasteiger partial charge in [0.05, 0.1) is 13.2 Å². The van der Waals surface area contributed by atoms with Gasteiger partial charge in [0.2, 0.25) is 0 Å². The molecule has 0 aliphatic carbocycles. The van der Waals surface area contributed by atoms with E-state index in [0.717, 1.165) is 0 Å². The average Bonchev–Trinajstić information content (AvgIpc) is 2.28. The summed E-state index contributed by atoms with van der Waals surface area (Å²) in [6, 6.07) is 4.12. The van der Waals surface area contributed by atoms with Gasteiger partial charge in [-0.05, 0) is 24.1 Å². The maximum atomic E-state index is 13.3. The van der Waals surface area contributed by atoms with Crippen LogP contribution in [0.1, 0.15) is 18.1 Å². The van der Waals surface area contributed by atoms with Gasteiger partial charge in [0.15, 0.2) is 11.6 Å². The highest BCUT2D eigenvalue weighted by atomic mass is 79.9. The van der Waals surface area contributed by atoms with Crippen LogP contribution < -0.4 is 4.74 Å². The van der Waals surface area contributed by atoms with Gasteiger partial charge in [-0.3, -0.25) is 0 Å². The molecule has 0 fully saturated rings. The van der Waals surface area contributed by atoms with Crippen LogP contribution >= 0.6 is 15.9 Å². The van der Waals surface area contributed by atoms with E-state index >= 15 is 0 Å². The van der Waals surface area contributed by atoms with Crippen molar-refractivity contribution in [3.63, 3.8) is 0 Å². The Morgan fingerprint density at radius 2 is 2.12 bits per heavy atom. The van der Waals surface area contributed by atoms with E-state index in [4.69, 9.17) is 4.74 Å². The van der Waals surface area contributed by atoms with Gasteiger partial charge in [0, 0.05) is 5.33 Å². The largest absolute Gasteiger partial charge is 0.494 e. The SMILES string of the molecule is COc1ccc(C(O)C(O)CCBr)cc1F. The van der Waals surface area contributed by atoms with Gasteiger partial charge in [0.1, 0.15) is 6.10 Å². The third-order valence-corrected chi connectivity index (χ3v) is 2.74. The number of halogens is 2. The average molecular weight is 293 g/mol. The molecule has 0 saturated heterocycles. The molecule has 2 N–H and O–H groups in total. The van der Waals surface area contributed by atoms with Gasteiger partial charge >= 0.3 is 0 Å². The Morgan fingerprint density at radius 1 is 1.44 bits per heavy atom. The second-order valence-corrected chi connectivity index (χ2v) is 4.18. The van der Waals surface area contributed by atoms with Crippen LogP contribution in [0.25, 0.3) is 0 Å². The number of aliphatic hydroxyl groups excluding tert-OH is 2. The fourth-order valence-corrected chi connectivity index (χ4v) is 1.83. The van der Waals surface area contributed by atoms with E-state index in [2.05, 4.69) is 15.9 Å². The van der Waals surface area contributed by atoms with E-state index in [1.54, 1.807) is 0 Å². The standard InChI is InChI=1S/C11H14BrFO3/c1-16-10-3-2-7(6-8(10)13)11(15)9(14)4-5-12/h2-3,6,9,11,14-15H,4-5H2,1H3. The van der Waals surface area contributed by atoms with Crippen LogP contribution in [0.5, 0.6) is 5.75 Å². The highest BCUT2D eigenvalue weighted by Crippen LogP contribution is 2.24. The lowest BCUT2D eigenvalue weighted by Gasteiger charge is -2.17. The number of ether oxygens (including phenoxy) is 1. The van der Waals surface area contributed by atoms with Crippen molar-refractivity contribution in [1.29, 1.82) is 0 Å². The van der Waals surface area contributed by atoms with Crippen molar-refractivity contribution in [2.45, 2.75) is 18.6 Å². The van der Waals surface area contributed by atoms with Crippen molar-refractivity contribution < 1.29 is 19.3 Å². The summed E-state index contributed by atoms with van der Waals surface area (Å²) in [5.41, 5.74) is 0.340. The summed E-state index contributed by atoms with van der Waals surface area (Å²) in [7, 11) is 1.37. The van der Waals surface area contributed by atoms with Crippen LogP contribution in [-0.2, 0) is 0 Å². The molecule has 0 spiro atoms. The smallest absolute Gasteiger partial charge is 0.165 e. The Bertz CT molecular complexity index is 346. The molecule has 1 rings (SSSR count). The van der Waals surface area contributed by atoms with E-state index in [1.807, 2.05) is 0 Å². The molecular formula is C11H14BrFO3. The van der Waals surface area contributed by atoms with Crippen LogP contribution in [-0.4, -0.2) is 28.8 Å². The number of hydrogen-bond acceptors (Lipinski definition) is 3. The molecule has 2 unspecified atom stereocenters. The number of methoxy groups -OCH3 is 1. The first-order valence-electron chi connectivity index (χ1n) is 4.85. The van der Waals surface area contributed by atoms with E-state index < -0.39 is 18.0 Å². The van der Waals surface area contributed by atoms with Gasteiger partial charge in [-0.25, -0.2) is 4.39 Å². The molecule has 1 aromatic carbocycles. The maximum absolute atomic E-state index is 13.3. The second kappa shape index (κ2) is 6.18. The van der Waals surface area contributed by atoms with Crippen LogP contribution in [0.2, 0.25) is 0 Å². The first kappa shape index (κ1) is 13.4. The summed E-state index contributed by atoms with van der Waals surface area (Å²) >= 11 is 3.16. The van der Waals surface area contributed by atoms with E-state index in [1.165, 1.54) is 25.3 Å². The number of rotatable bonds is 5. The minimum Gasteiger partial charge on any atom is -0.494 e. The monoisotopic (exact) mass is 292 g/mol. The fourth-order valence-electron chi connectivity index (χ4n) is 1.36. The molecule has 3 nitrogen and oxygen atoms in total. The van der Waals surface area contributed by atoms with Crippen molar-refractivity contribution in [3.8, 4) is 5.75 Å². The highest BCUT2D eigenvalue weighted by Gasteiger charge is 2.19. The lowest BCUT2D eigenvalue weighted by Crippen LogP contribution is -2.18. The summed E-state index contributed by atoms with van der Waals surface area (Å²) in [5.74, 6) is -0.434. The molecule has 0 radical (unpaired) electrons. The number of alkyl halides is 1. The molecule has 0 heterocycles. The summed E-state index contributed by atoms with van der Waals surface area (Å²) < 4.78 is 18.1. The first-order valence-corrected chi connectivity index (χ1v) is 5.97. The van der Waals surface area contributed by atoms with Gasteiger partial charge < -0.3 is 14.9 Å². The van der Waals surface area contributed by atoms with Gasteiger partial charge in [0.25, 0.3) is 0 Å². The molecule has 16 heavy (non-hydrogen) atoms. The topological polar surface area (TPSA) is 49.7 Å². The molecule has 5 heteroatoms. The zero-order valence-electron chi connectivity index (χ0n) is 8.86. The molecule has 90 valence electrons. The Hall–Kier alpha value is -0.650. The molecular weight excluding hydrogens is 279 g/mol. The van der Waals surface area contributed by atoms with Crippen LogP contribution in [0.3, 0.4) is 0 Å².